The molecule has 0 unspecified atom stereocenters. The highest BCUT2D eigenvalue weighted by molar-refractivity contribution is 4.54. The zero-order chi connectivity index (χ0) is 16.1. The SMILES string of the molecule is CCCCCCCCCCCCCCCNCCNCCN. The van der Waals surface area contributed by atoms with E-state index in [0.29, 0.717) is 0 Å². The molecule has 22 heavy (non-hydrogen) atoms. The third-order valence-electron chi connectivity index (χ3n) is 4.26. The third-order valence-corrected chi connectivity index (χ3v) is 4.26. The molecular formula is C19H43N3. The maximum Gasteiger partial charge on any atom is 0.00772 e. The Hall–Kier alpha value is -0.120. The van der Waals surface area contributed by atoms with E-state index in [2.05, 4.69) is 17.6 Å². The van der Waals surface area contributed by atoms with Crippen molar-refractivity contribution in [2.45, 2.75) is 90.4 Å². The Balaban J connectivity index is 2.91. The number of hydrogen-bond donors (Lipinski definition) is 3. The highest BCUT2D eigenvalue weighted by Gasteiger charge is 1.94. The summed E-state index contributed by atoms with van der Waals surface area (Å²) in [6.45, 7) is 7.23. The summed E-state index contributed by atoms with van der Waals surface area (Å²) < 4.78 is 0. The van der Waals surface area contributed by atoms with E-state index in [-0.39, 0.29) is 0 Å². The molecule has 0 aliphatic rings. The Kier molecular flexibility index (Phi) is 20.8. The molecule has 0 atom stereocenters. The van der Waals surface area contributed by atoms with Gasteiger partial charge in [0.25, 0.3) is 0 Å². The zero-order valence-electron chi connectivity index (χ0n) is 15.3. The van der Waals surface area contributed by atoms with E-state index in [0.717, 1.165) is 26.2 Å². The maximum atomic E-state index is 5.42. The molecule has 0 aromatic rings. The van der Waals surface area contributed by atoms with Crippen LogP contribution in [-0.2, 0) is 0 Å². The van der Waals surface area contributed by atoms with Crippen LogP contribution >= 0.6 is 0 Å². The molecule has 4 N–H and O–H groups in total. The number of unbranched alkanes of at least 4 members (excludes halogenated alkanes) is 12. The van der Waals surface area contributed by atoms with Gasteiger partial charge in [0.2, 0.25) is 0 Å². The Morgan fingerprint density at radius 2 is 0.909 bits per heavy atom. The summed E-state index contributed by atoms with van der Waals surface area (Å²) in [7, 11) is 0. The van der Waals surface area contributed by atoms with Gasteiger partial charge in [0, 0.05) is 26.2 Å². The van der Waals surface area contributed by atoms with Crippen LogP contribution in [0, 0.1) is 0 Å². The van der Waals surface area contributed by atoms with E-state index < -0.39 is 0 Å². The predicted octanol–water partition coefficient (Wildman–Crippen LogP) is 4.22. The molecule has 134 valence electrons. The minimum absolute atomic E-state index is 0.735. The van der Waals surface area contributed by atoms with Gasteiger partial charge in [0.1, 0.15) is 0 Å². The van der Waals surface area contributed by atoms with Crippen molar-refractivity contribution in [3.05, 3.63) is 0 Å². The minimum Gasteiger partial charge on any atom is -0.329 e. The van der Waals surface area contributed by atoms with Crippen LogP contribution in [0.3, 0.4) is 0 Å². The molecule has 0 amide bonds. The summed E-state index contributed by atoms with van der Waals surface area (Å²) in [6, 6.07) is 0. The highest BCUT2D eigenvalue weighted by atomic mass is 14.9. The standard InChI is InChI=1S/C19H43N3/c1-2-3-4-5-6-7-8-9-10-11-12-13-14-16-21-18-19-22-17-15-20/h21-22H,2-20H2,1H3. The Morgan fingerprint density at radius 3 is 1.36 bits per heavy atom. The van der Waals surface area contributed by atoms with Gasteiger partial charge in [-0.3, -0.25) is 0 Å². The van der Waals surface area contributed by atoms with E-state index in [1.54, 1.807) is 0 Å². The first-order valence-electron chi connectivity index (χ1n) is 10.0. The minimum atomic E-state index is 0.735. The molecule has 0 aliphatic heterocycles. The van der Waals surface area contributed by atoms with Crippen molar-refractivity contribution in [3.63, 3.8) is 0 Å². The second kappa shape index (κ2) is 20.9. The summed E-state index contributed by atoms with van der Waals surface area (Å²) in [6.07, 6.45) is 18.6. The normalized spacial score (nSPS) is 11.2. The highest BCUT2D eigenvalue weighted by Crippen LogP contribution is 2.12. The molecule has 0 heterocycles. The van der Waals surface area contributed by atoms with E-state index in [1.807, 2.05) is 0 Å². The van der Waals surface area contributed by atoms with E-state index in [4.69, 9.17) is 5.73 Å². The first kappa shape index (κ1) is 21.9. The first-order chi connectivity index (χ1) is 10.9. The Labute approximate surface area is 140 Å². The molecule has 0 bridgehead atoms. The van der Waals surface area contributed by atoms with Crippen LogP contribution in [0.25, 0.3) is 0 Å². The van der Waals surface area contributed by atoms with Gasteiger partial charge < -0.3 is 16.4 Å². The number of nitrogens with one attached hydrogen (secondary N) is 2. The second-order valence-electron chi connectivity index (χ2n) is 6.53. The molecule has 0 rings (SSSR count). The molecule has 0 radical (unpaired) electrons. The predicted molar refractivity (Wildman–Crippen MR) is 100 cm³/mol. The largest absolute Gasteiger partial charge is 0.329 e. The number of rotatable bonds is 19. The van der Waals surface area contributed by atoms with Crippen molar-refractivity contribution in [2.75, 3.05) is 32.7 Å². The molecule has 0 saturated carbocycles. The van der Waals surface area contributed by atoms with Crippen LogP contribution in [0.5, 0.6) is 0 Å². The fraction of sp³-hybridized carbons (Fsp3) is 1.00. The first-order valence-corrected chi connectivity index (χ1v) is 10.0. The number of hydrogen-bond acceptors (Lipinski definition) is 3. The molecule has 0 fully saturated rings. The molecule has 0 aliphatic carbocycles. The van der Waals surface area contributed by atoms with Crippen molar-refractivity contribution >= 4 is 0 Å². The molecule has 0 spiro atoms. The van der Waals surface area contributed by atoms with Gasteiger partial charge in [-0.1, -0.05) is 84.0 Å². The van der Waals surface area contributed by atoms with Gasteiger partial charge in [0.15, 0.2) is 0 Å². The molecule has 0 aromatic carbocycles. The molecule has 3 nitrogen and oxygen atoms in total. The summed E-state index contributed by atoms with van der Waals surface area (Å²) in [5, 5.41) is 6.78. The quantitative estimate of drug-likeness (QED) is 0.313. The third kappa shape index (κ3) is 19.9. The van der Waals surface area contributed by atoms with Crippen molar-refractivity contribution in [1.82, 2.24) is 10.6 Å². The lowest BCUT2D eigenvalue weighted by atomic mass is 10.0. The van der Waals surface area contributed by atoms with Crippen molar-refractivity contribution in [1.29, 1.82) is 0 Å². The zero-order valence-corrected chi connectivity index (χ0v) is 15.3. The van der Waals surface area contributed by atoms with Gasteiger partial charge in [-0.05, 0) is 13.0 Å². The van der Waals surface area contributed by atoms with E-state index >= 15 is 0 Å². The van der Waals surface area contributed by atoms with Crippen LogP contribution in [-0.4, -0.2) is 32.7 Å². The van der Waals surface area contributed by atoms with E-state index in [1.165, 1.54) is 90.0 Å². The Bertz CT molecular complexity index is 166. The Morgan fingerprint density at radius 1 is 0.500 bits per heavy atom. The summed E-state index contributed by atoms with van der Waals surface area (Å²) in [4.78, 5) is 0. The second-order valence-corrected chi connectivity index (χ2v) is 6.53. The fourth-order valence-corrected chi connectivity index (χ4v) is 2.80. The summed E-state index contributed by atoms with van der Waals surface area (Å²) in [5.41, 5.74) is 5.42. The molecule has 0 aromatic heterocycles. The topological polar surface area (TPSA) is 50.1 Å². The lowest BCUT2D eigenvalue weighted by molar-refractivity contribution is 0.530. The smallest absolute Gasteiger partial charge is 0.00772 e. The molecule has 0 saturated heterocycles. The summed E-state index contributed by atoms with van der Waals surface area (Å²) >= 11 is 0. The van der Waals surface area contributed by atoms with Crippen LogP contribution in [0.4, 0.5) is 0 Å². The van der Waals surface area contributed by atoms with Gasteiger partial charge in [-0.15, -0.1) is 0 Å². The van der Waals surface area contributed by atoms with Crippen LogP contribution in [0.1, 0.15) is 90.4 Å². The number of nitrogens with two attached hydrogens (primary N) is 1. The van der Waals surface area contributed by atoms with Crippen molar-refractivity contribution in [2.24, 2.45) is 5.73 Å². The summed E-state index contributed by atoms with van der Waals surface area (Å²) in [5.74, 6) is 0. The average Bonchev–Trinajstić information content (AvgIpc) is 2.54. The van der Waals surface area contributed by atoms with Crippen LogP contribution in [0.15, 0.2) is 0 Å². The van der Waals surface area contributed by atoms with Crippen LogP contribution < -0.4 is 16.4 Å². The maximum absolute atomic E-state index is 5.42. The lowest BCUT2D eigenvalue weighted by Crippen LogP contribution is -2.31. The van der Waals surface area contributed by atoms with Crippen LogP contribution in [0.2, 0.25) is 0 Å². The van der Waals surface area contributed by atoms with Crippen molar-refractivity contribution < 1.29 is 0 Å². The van der Waals surface area contributed by atoms with E-state index in [9.17, 15) is 0 Å². The lowest BCUT2D eigenvalue weighted by Gasteiger charge is -2.06. The molecular weight excluding hydrogens is 270 g/mol. The average molecular weight is 314 g/mol. The van der Waals surface area contributed by atoms with Crippen molar-refractivity contribution in [3.8, 4) is 0 Å². The van der Waals surface area contributed by atoms with Gasteiger partial charge >= 0.3 is 0 Å². The fourth-order valence-electron chi connectivity index (χ4n) is 2.80. The van der Waals surface area contributed by atoms with Gasteiger partial charge in [-0.25, -0.2) is 0 Å². The van der Waals surface area contributed by atoms with Gasteiger partial charge in [-0.2, -0.15) is 0 Å². The van der Waals surface area contributed by atoms with Gasteiger partial charge in [0.05, 0.1) is 0 Å². The molecule has 3 heteroatoms. The monoisotopic (exact) mass is 313 g/mol.